The molecule has 0 aliphatic heterocycles. The Balaban J connectivity index is 2.13. The van der Waals surface area contributed by atoms with Crippen molar-refractivity contribution in [3.8, 4) is 11.8 Å². The number of carbonyl (C=O) groups is 1. The number of ether oxygens (including phenoxy) is 2. The molecule has 29 heavy (non-hydrogen) atoms. The Kier molecular flexibility index (Phi) is 5.69. The quantitative estimate of drug-likeness (QED) is 0.567. The Hall–Kier alpha value is -3.20. The van der Waals surface area contributed by atoms with Gasteiger partial charge < -0.3 is 9.47 Å². The summed E-state index contributed by atoms with van der Waals surface area (Å²) in [4.78, 5) is 12.5. The molecule has 2 aromatic heterocycles. The maximum Gasteiger partial charge on any atom is 0.312 e. The number of nitriles is 1. The molecule has 0 saturated carbocycles. The highest BCUT2D eigenvalue weighted by Crippen LogP contribution is 2.33. The SMILES string of the molecule is COc1ccc(Cn2c(CC(=O)OC(C)C)c(C(C)(C)C#N)c3cccn32)cc1. The van der Waals surface area contributed by atoms with E-state index in [4.69, 9.17) is 9.47 Å². The molecule has 0 fully saturated rings. The standard InChI is InChI=1S/C23H27N3O3/c1-16(2)29-21(27)13-20-22(23(3,4)15-24)19-7-6-12-25(19)26(20)14-17-8-10-18(28-5)11-9-17/h6-12,16H,13-14H2,1-5H3. The van der Waals surface area contributed by atoms with Gasteiger partial charge in [0, 0.05) is 11.8 Å². The number of fused-ring (bicyclic) bond motifs is 1. The zero-order valence-corrected chi connectivity index (χ0v) is 17.6. The van der Waals surface area contributed by atoms with Gasteiger partial charge in [-0.2, -0.15) is 5.26 Å². The van der Waals surface area contributed by atoms with E-state index in [1.165, 1.54) is 0 Å². The lowest BCUT2D eigenvalue weighted by molar-refractivity contribution is -0.146. The first-order chi connectivity index (χ1) is 13.8. The first kappa shape index (κ1) is 20.5. The van der Waals surface area contributed by atoms with Crippen molar-refractivity contribution >= 4 is 11.5 Å². The van der Waals surface area contributed by atoms with Crippen molar-refractivity contribution in [1.82, 2.24) is 9.20 Å². The lowest BCUT2D eigenvalue weighted by Gasteiger charge is -2.18. The number of nitrogens with zero attached hydrogens (tertiary/aromatic N) is 3. The van der Waals surface area contributed by atoms with E-state index in [0.29, 0.717) is 6.54 Å². The maximum absolute atomic E-state index is 12.5. The minimum absolute atomic E-state index is 0.108. The van der Waals surface area contributed by atoms with Gasteiger partial charge in [0.2, 0.25) is 0 Å². The smallest absolute Gasteiger partial charge is 0.312 e. The summed E-state index contributed by atoms with van der Waals surface area (Å²) in [5.41, 5.74) is 2.90. The minimum atomic E-state index is -0.752. The molecule has 0 N–H and O–H groups in total. The second-order valence-electron chi connectivity index (χ2n) is 7.92. The highest BCUT2D eigenvalue weighted by molar-refractivity contribution is 5.75. The highest BCUT2D eigenvalue weighted by atomic mass is 16.5. The molecule has 2 heterocycles. The van der Waals surface area contributed by atoms with E-state index in [9.17, 15) is 10.1 Å². The summed E-state index contributed by atoms with van der Waals surface area (Å²) in [6, 6.07) is 14.2. The third-order valence-corrected chi connectivity index (χ3v) is 4.92. The Morgan fingerprint density at radius 3 is 2.48 bits per heavy atom. The van der Waals surface area contributed by atoms with Gasteiger partial charge in [0.15, 0.2) is 0 Å². The number of rotatable bonds is 7. The molecule has 0 saturated heterocycles. The molecule has 0 aliphatic rings. The Labute approximate surface area is 171 Å². The van der Waals surface area contributed by atoms with Gasteiger partial charge in [0.25, 0.3) is 0 Å². The van der Waals surface area contributed by atoms with Crippen LogP contribution in [0.4, 0.5) is 0 Å². The van der Waals surface area contributed by atoms with Crippen molar-refractivity contribution in [1.29, 1.82) is 5.26 Å². The third kappa shape index (κ3) is 4.14. The second kappa shape index (κ2) is 8.04. The van der Waals surface area contributed by atoms with E-state index in [0.717, 1.165) is 28.1 Å². The van der Waals surface area contributed by atoms with Crippen LogP contribution in [0.15, 0.2) is 42.6 Å². The van der Waals surface area contributed by atoms with Gasteiger partial charge in [-0.1, -0.05) is 12.1 Å². The molecule has 1 aromatic carbocycles. The van der Waals surface area contributed by atoms with E-state index in [2.05, 4.69) is 6.07 Å². The largest absolute Gasteiger partial charge is 0.497 e. The molecule has 0 amide bonds. The zero-order chi connectivity index (χ0) is 21.2. The van der Waals surface area contributed by atoms with Gasteiger partial charge in [0.1, 0.15) is 5.75 Å². The first-order valence-corrected chi connectivity index (χ1v) is 9.69. The average Bonchev–Trinajstić information content (AvgIpc) is 3.23. The van der Waals surface area contributed by atoms with Crippen molar-refractivity contribution in [2.75, 3.05) is 7.11 Å². The van der Waals surface area contributed by atoms with Gasteiger partial charge in [0.05, 0.1) is 48.9 Å². The highest BCUT2D eigenvalue weighted by Gasteiger charge is 2.31. The number of hydrogen-bond acceptors (Lipinski definition) is 4. The van der Waals surface area contributed by atoms with Crippen LogP contribution in [0.2, 0.25) is 0 Å². The second-order valence-corrected chi connectivity index (χ2v) is 7.92. The molecule has 152 valence electrons. The average molecular weight is 393 g/mol. The number of carbonyl (C=O) groups excluding carboxylic acids is 1. The third-order valence-electron chi connectivity index (χ3n) is 4.92. The molecular formula is C23H27N3O3. The van der Waals surface area contributed by atoms with Gasteiger partial charge in [-0.3, -0.25) is 14.0 Å². The zero-order valence-electron chi connectivity index (χ0n) is 17.6. The number of esters is 1. The van der Waals surface area contributed by atoms with Crippen LogP contribution in [0.1, 0.15) is 44.5 Å². The van der Waals surface area contributed by atoms with Gasteiger partial charge in [-0.25, -0.2) is 0 Å². The predicted octanol–water partition coefficient (Wildman–Crippen LogP) is 4.09. The Morgan fingerprint density at radius 2 is 1.90 bits per heavy atom. The van der Waals surface area contributed by atoms with Crippen LogP contribution in [0, 0.1) is 11.3 Å². The van der Waals surface area contributed by atoms with E-state index in [1.807, 2.05) is 79.5 Å². The molecule has 3 aromatic rings. The van der Waals surface area contributed by atoms with Crippen LogP contribution in [0.3, 0.4) is 0 Å². The van der Waals surface area contributed by atoms with Crippen molar-refractivity contribution in [2.45, 2.75) is 52.2 Å². The number of benzene rings is 1. The lowest BCUT2D eigenvalue weighted by Crippen LogP contribution is -2.22. The van der Waals surface area contributed by atoms with E-state index < -0.39 is 5.41 Å². The molecule has 3 rings (SSSR count). The molecule has 0 unspecified atom stereocenters. The van der Waals surface area contributed by atoms with Crippen LogP contribution < -0.4 is 4.74 Å². The predicted molar refractivity (Wildman–Crippen MR) is 111 cm³/mol. The number of methoxy groups -OCH3 is 1. The monoisotopic (exact) mass is 393 g/mol. The molecular weight excluding hydrogens is 366 g/mol. The fourth-order valence-electron chi connectivity index (χ4n) is 3.62. The van der Waals surface area contributed by atoms with Crippen LogP contribution in [0.5, 0.6) is 5.75 Å². The van der Waals surface area contributed by atoms with Gasteiger partial charge >= 0.3 is 5.97 Å². The summed E-state index contributed by atoms with van der Waals surface area (Å²) in [6.45, 7) is 7.98. The minimum Gasteiger partial charge on any atom is -0.497 e. The molecule has 0 atom stereocenters. The summed E-state index contributed by atoms with van der Waals surface area (Å²) in [5, 5.41) is 9.81. The summed E-state index contributed by atoms with van der Waals surface area (Å²) in [6.07, 6.45) is 1.87. The normalized spacial score (nSPS) is 11.6. The molecule has 0 radical (unpaired) electrons. The van der Waals surface area contributed by atoms with Crippen LogP contribution >= 0.6 is 0 Å². The molecule has 0 aliphatic carbocycles. The topological polar surface area (TPSA) is 68.7 Å². The summed E-state index contributed by atoms with van der Waals surface area (Å²) < 4.78 is 14.7. The molecule has 0 spiro atoms. The molecule has 0 bridgehead atoms. The fraction of sp³-hybridized carbons (Fsp3) is 0.391. The summed E-state index contributed by atoms with van der Waals surface area (Å²) >= 11 is 0. The van der Waals surface area contributed by atoms with Gasteiger partial charge in [-0.15, -0.1) is 0 Å². The van der Waals surface area contributed by atoms with E-state index in [-0.39, 0.29) is 18.5 Å². The first-order valence-electron chi connectivity index (χ1n) is 9.69. The van der Waals surface area contributed by atoms with Crippen molar-refractivity contribution in [2.24, 2.45) is 0 Å². The lowest BCUT2D eigenvalue weighted by atomic mass is 9.84. The number of aromatic nitrogens is 2. The van der Waals surface area contributed by atoms with E-state index in [1.54, 1.807) is 7.11 Å². The van der Waals surface area contributed by atoms with Gasteiger partial charge in [-0.05, 0) is 57.5 Å². The Morgan fingerprint density at radius 1 is 1.21 bits per heavy atom. The maximum atomic E-state index is 12.5. The summed E-state index contributed by atoms with van der Waals surface area (Å²) in [5.74, 6) is 0.492. The number of hydrogen-bond donors (Lipinski definition) is 0. The van der Waals surface area contributed by atoms with Crippen molar-refractivity contribution in [3.05, 3.63) is 59.4 Å². The summed E-state index contributed by atoms with van der Waals surface area (Å²) in [7, 11) is 1.64. The van der Waals surface area contributed by atoms with E-state index >= 15 is 0 Å². The molecule has 6 nitrogen and oxygen atoms in total. The van der Waals surface area contributed by atoms with Crippen molar-refractivity contribution in [3.63, 3.8) is 0 Å². The Bertz CT molecular complexity index is 1050. The van der Waals surface area contributed by atoms with Crippen molar-refractivity contribution < 1.29 is 14.3 Å². The van der Waals surface area contributed by atoms with Crippen LogP contribution in [-0.4, -0.2) is 28.4 Å². The molecule has 6 heteroatoms. The van der Waals surface area contributed by atoms with Crippen LogP contribution in [0.25, 0.3) is 5.52 Å². The van der Waals surface area contributed by atoms with Crippen LogP contribution in [-0.2, 0) is 27.9 Å². The fourth-order valence-corrected chi connectivity index (χ4v) is 3.62.